The molecule has 2 aromatic carbocycles. The minimum atomic E-state index is -3.75. The molecule has 0 saturated carbocycles. The predicted octanol–water partition coefficient (Wildman–Crippen LogP) is 3.21. The number of hydrogen-bond acceptors (Lipinski definition) is 4. The number of benzene rings is 2. The van der Waals surface area contributed by atoms with Crippen molar-refractivity contribution >= 4 is 16.0 Å². The number of rotatable bonds is 6. The monoisotopic (exact) mass is 347 g/mol. The van der Waals surface area contributed by atoms with Gasteiger partial charge in [-0.1, -0.05) is 42.8 Å². The highest BCUT2D eigenvalue weighted by atomic mass is 32.2. The van der Waals surface area contributed by atoms with Crippen LogP contribution < -0.4 is 4.72 Å². The number of hydrogen-bond donors (Lipinski definition) is 1. The quantitative estimate of drug-likeness (QED) is 0.815. The molecule has 1 atom stereocenters. The molecule has 24 heavy (non-hydrogen) atoms. The largest absolute Gasteiger partial charge is 0.465 e. The van der Waals surface area contributed by atoms with Crippen LogP contribution in [0.4, 0.5) is 0 Å². The smallest absolute Gasteiger partial charge is 0.337 e. The molecule has 1 N–H and O–H groups in total. The van der Waals surface area contributed by atoms with Crippen molar-refractivity contribution in [1.29, 1.82) is 0 Å². The summed E-state index contributed by atoms with van der Waals surface area (Å²) >= 11 is 0. The van der Waals surface area contributed by atoms with E-state index in [2.05, 4.69) is 9.46 Å². The van der Waals surface area contributed by atoms with Crippen LogP contribution in [0, 0.1) is 6.92 Å². The van der Waals surface area contributed by atoms with Crippen LogP contribution in [0.25, 0.3) is 0 Å². The fraction of sp³-hybridized carbons (Fsp3) is 0.278. The lowest BCUT2D eigenvalue weighted by Crippen LogP contribution is -2.28. The highest BCUT2D eigenvalue weighted by Crippen LogP contribution is 2.21. The molecule has 0 aliphatic rings. The van der Waals surface area contributed by atoms with Crippen molar-refractivity contribution < 1.29 is 17.9 Å². The van der Waals surface area contributed by atoms with Gasteiger partial charge in [0.05, 0.1) is 17.6 Å². The summed E-state index contributed by atoms with van der Waals surface area (Å²) in [5.41, 5.74) is 2.21. The Morgan fingerprint density at radius 1 is 1.17 bits per heavy atom. The zero-order valence-electron chi connectivity index (χ0n) is 13.9. The molecule has 0 fully saturated rings. The maximum absolute atomic E-state index is 12.6. The number of esters is 1. The standard InChI is InChI=1S/C18H21NO4S/c1-4-17(14-10-8-13(2)9-11-14)19-24(21,22)16-7-5-6-15(12-16)18(20)23-3/h5-12,17,19H,4H2,1-3H3/t17-/m1/s1. The Labute approximate surface area is 142 Å². The summed E-state index contributed by atoms with van der Waals surface area (Å²) in [7, 11) is -2.50. The third-order valence-corrected chi connectivity index (χ3v) is 5.22. The summed E-state index contributed by atoms with van der Waals surface area (Å²) in [6, 6.07) is 13.2. The number of carbonyl (C=O) groups excluding carboxylic acids is 1. The number of ether oxygens (including phenoxy) is 1. The van der Waals surface area contributed by atoms with E-state index in [-0.39, 0.29) is 16.5 Å². The van der Waals surface area contributed by atoms with Crippen LogP contribution in [0.2, 0.25) is 0 Å². The second-order valence-corrected chi connectivity index (χ2v) is 7.23. The number of sulfonamides is 1. The van der Waals surface area contributed by atoms with Gasteiger partial charge in [0, 0.05) is 6.04 Å². The summed E-state index contributed by atoms with van der Waals surface area (Å²) in [6.07, 6.45) is 0.610. The summed E-state index contributed by atoms with van der Waals surface area (Å²) in [5, 5.41) is 0. The average Bonchev–Trinajstić information content (AvgIpc) is 2.60. The van der Waals surface area contributed by atoms with Crippen molar-refractivity contribution in [3.8, 4) is 0 Å². The van der Waals surface area contributed by atoms with Gasteiger partial charge in [-0.3, -0.25) is 0 Å². The van der Waals surface area contributed by atoms with E-state index in [0.29, 0.717) is 6.42 Å². The van der Waals surface area contributed by atoms with E-state index in [0.717, 1.165) is 11.1 Å². The Kier molecular flexibility index (Phi) is 5.75. The summed E-state index contributed by atoms with van der Waals surface area (Å²) in [4.78, 5) is 11.6. The Bertz CT molecular complexity index is 813. The highest BCUT2D eigenvalue weighted by molar-refractivity contribution is 7.89. The molecule has 0 amide bonds. The van der Waals surface area contributed by atoms with Gasteiger partial charge < -0.3 is 4.74 Å². The van der Waals surface area contributed by atoms with Crippen LogP contribution in [-0.2, 0) is 14.8 Å². The summed E-state index contributed by atoms with van der Waals surface area (Å²) in [5.74, 6) is -0.572. The van der Waals surface area contributed by atoms with Gasteiger partial charge in [-0.05, 0) is 37.1 Å². The molecule has 0 saturated heterocycles. The molecule has 0 aromatic heterocycles. The second kappa shape index (κ2) is 7.59. The topological polar surface area (TPSA) is 72.5 Å². The molecule has 0 heterocycles. The van der Waals surface area contributed by atoms with Crippen molar-refractivity contribution in [1.82, 2.24) is 4.72 Å². The minimum Gasteiger partial charge on any atom is -0.465 e. The fourth-order valence-corrected chi connectivity index (χ4v) is 3.70. The average molecular weight is 347 g/mol. The molecule has 0 radical (unpaired) electrons. The first kappa shape index (κ1) is 18.2. The van der Waals surface area contributed by atoms with Gasteiger partial charge in [0.15, 0.2) is 0 Å². The van der Waals surface area contributed by atoms with Crippen LogP contribution >= 0.6 is 0 Å². The Morgan fingerprint density at radius 2 is 1.83 bits per heavy atom. The number of carbonyl (C=O) groups is 1. The molecular weight excluding hydrogens is 326 g/mol. The molecule has 128 valence electrons. The highest BCUT2D eigenvalue weighted by Gasteiger charge is 2.21. The van der Waals surface area contributed by atoms with Crippen LogP contribution in [0.3, 0.4) is 0 Å². The first-order valence-corrected chi connectivity index (χ1v) is 9.13. The molecule has 0 unspecified atom stereocenters. The lowest BCUT2D eigenvalue weighted by molar-refractivity contribution is 0.0600. The first-order chi connectivity index (χ1) is 11.4. The van der Waals surface area contributed by atoms with E-state index in [1.165, 1.54) is 31.4 Å². The molecular formula is C18H21NO4S. The molecule has 6 heteroatoms. The van der Waals surface area contributed by atoms with Crippen molar-refractivity contribution in [2.75, 3.05) is 7.11 Å². The van der Waals surface area contributed by atoms with Gasteiger partial charge in [-0.25, -0.2) is 17.9 Å². The van der Waals surface area contributed by atoms with Gasteiger partial charge in [-0.2, -0.15) is 0 Å². The summed E-state index contributed by atoms with van der Waals surface area (Å²) < 4.78 is 32.6. The number of methoxy groups -OCH3 is 1. The lowest BCUT2D eigenvalue weighted by atomic mass is 10.0. The fourth-order valence-electron chi connectivity index (χ4n) is 2.35. The van der Waals surface area contributed by atoms with Gasteiger partial charge in [0.25, 0.3) is 0 Å². The van der Waals surface area contributed by atoms with Crippen molar-refractivity contribution in [2.45, 2.75) is 31.2 Å². The molecule has 0 aliphatic heterocycles. The SMILES string of the molecule is CC[C@@H](NS(=O)(=O)c1cccc(C(=O)OC)c1)c1ccc(C)cc1. The molecule has 0 bridgehead atoms. The Balaban J connectivity index is 2.29. The Morgan fingerprint density at radius 3 is 2.42 bits per heavy atom. The van der Waals surface area contributed by atoms with E-state index >= 15 is 0 Å². The third-order valence-electron chi connectivity index (χ3n) is 3.75. The predicted molar refractivity (Wildman–Crippen MR) is 92.3 cm³/mol. The first-order valence-electron chi connectivity index (χ1n) is 7.64. The molecule has 5 nitrogen and oxygen atoms in total. The van der Waals surface area contributed by atoms with Crippen molar-refractivity contribution in [3.05, 3.63) is 65.2 Å². The molecule has 2 aromatic rings. The van der Waals surface area contributed by atoms with E-state index in [1.54, 1.807) is 0 Å². The van der Waals surface area contributed by atoms with Crippen molar-refractivity contribution in [3.63, 3.8) is 0 Å². The van der Waals surface area contributed by atoms with E-state index in [1.807, 2.05) is 38.1 Å². The third kappa shape index (κ3) is 4.21. The van der Waals surface area contributed by atoms with Crippen LogP contribution in [0.1, 0.15) is 40.9 Å². The van der Waals surface area contributed by atoms with E-state index < -0.39 is 16.0 Å². The normalized spacial score (nSPS) is 12.6. The number of nitrogens with one attached hydrogen (secondary N) is 1. The van der Waals surface area contributed by atoms with Gasteiger partial charge in [0.1, 0.15) is 0 Å². The Hall–Kier alpha value is -2.18. The van der Waals surface area contributed by atoms with Gasteiger partial charge in [-0.15, -0.1) is 0 Å². The lowest BCUT2D eigenvalue weighted by Gasteiger charge is -2.18. The maximum atomic E-state index is 12.6. The van der Waals surface area contributed by atoms with Crippen LogP contribution in [0.5, 0.6) is 0 Å². The zero-order chi connectivity index (χ0) is 17.7. The van der Waals surface area contributed by atoms with E-state index in [9.17, 15) is 13.2 Å². The number of aryl methyl sites for hydroxylation is 1. The molecule has 0 aliphatic carbocycles. The van der Waals surface area contributed by atoms with Gasteiger partial charge in [0.2, 0.25) is 10.0 Å². The van der Waals surface area contributed by atoms with Crippen LogP contribution in [-0.4, -0.2) is 21.5 Å². The van der Waals surface area contributed by atoms with Crippen LogP contribution in [0.15, 0.2) is 53.4 Å². The second-order valence-electron chi connectivity index (χ2n) is 5.51. The van der Waals surface area contributed by atoms with Gasteiger partial charge >= 0.3 is 5.97 Å². The zero-order valence-corrected chi connectivity index (χ0v) is 14.8. The van der Waals surface area contributed by atoms with Crippen molar-refractivity contribution in [2.24, 2.45) is 0 Å². The summed E-state index contributed by atoms with van der Waals surface area (Å²) in [6.45, 7) is 3.89. The minimum absolute atomic E-state index is 0.0379. The molecule has 2 rings (SSSR count). The van der Waals surface area contributed by atoms with E-state index in [4.69, 9.17) is 0 Å². The maximum Gasteiger partial charge on any atom is 0.337 e. The molecule has 0 spiro atoms.